The first kappa shape index (κ1) is 9.79. The summed E-state index contributed by atoms with van der Waals surface area (Å²) in [5.41, 5.74) is 1.48. The fourth-order valence-electron chi connectivity index (χ4n) is 2.50. The molecule has 0 radical (unpaired) electrons. The van der Waals surface area contributed by atoms with Gasteiger partial charge in [0.1, 0.15) is 7.85 Å². The van der Waals surface area contributed by atoms with Crippen LogP contribution in [0.1, 0.15) is 12.0 Å². The Labute approximate surface area is 87.5 Å². The fourth-order valence-corrected chi connectivity index (χ4v) is 2.50. The third kappa shape index (κ3) is 2.18. The lowest BCUT2D eigenvalue weighted by Crippen LogP contribution is -2.21. The summed E-state index contributed by atoms with van der Waals surface area (Å²) in [6, 6.07) is 10.8. The lowest BCUT2D eigenvalue weighted by Gasteiger charge is -2.23. The lowest BCUT2D eigenvalue weighted by atomic mass is 9.64. The van der Waals surface area contributed by atoms with Crippen molar-refractivity contribution in [3.05, 3.63) is 35.9 Å². The van der Waals surface area contributed by atoms with Gasteiger partial charge in [0, 0.05) is 0 Å². The van der Waals surface area contributed by atoms with Crippen LogP contribution in [0.25, 0.3) is 0 Å². The van der Waals surface area contributed by atoms with Crippen LogP contribution in [0, 0.1) is 0 Å². The molecule has 1 heterocycles. The Morgan fingerprint density at radius 1 is 1.36 bits per heavy atom. The van der Waals surface area contributed by atoms with Gasteiger partial charge in [-0.1, -0.05) is 30.3 Å². The van der Waals surface area contributed by atoms with E-state index in [0.29, 0.717) is 5.31 Å². The molecule has 1 aromatic rings. The number of likely N-dealkylation sites (tertiary alicyclic amines) is 1. The molecule has 74 valence electrons. The van der Waals surface area contributed by atoms with Crippen molar-refractivity contribution in [3.63, 3.8) is 0 Å². The summed E-state index contributed by atoms with van der Waals surface area (Å²) >= 11 is 0. The third-order valence-corrected chi connectivity index (χ3v) is 3.22. The molecule has 1 fully saturated rings. The van der Waals surface area contributed by atoms with Crippen LogP contribution in [0.3, 0.4) is 0 Å². The first-order chi connectivity index (χ1) is 6.68. The molecule has 1 unspecified atom stereocenters. The van der Waals surface area contributed by atoms with E-state index >= 15 is 0 Å². The first-order valence-electron chi connectivity index (χ1n) is 5.40. The highest BCUT2D eigenvalue weighted by Crippen LogP contribution is 2.36. The predicted molar refractivity (Wildman–Crippen MR) is 63.5 cm³/mol. The summed E-state index contributed by atoms with van der Waals surface area (Å²) in [6.45, 7) is 2.49. The molecule has 0 N–H and O–H groups in total. The van der Waals surface area contributed by atoms with Crippen molar-refractivity contribution < 1.29 is 0 Å². The second-order valence-electron chi connectivity index (χ2n) is 4.96. The maximum Gasteiger partial charge on any atom is 0.111 e. The highest BCUT2D eigenvalue weighted by molar-refractivity contribution is 6.15. The highest BCUT2D eigenvalue weighted by atomic mass is 15.1. The standard InChI is InChI=1S/C12H18BN/c1-14-8-7-12(13,10-14)9-11-5-3-2-4-6-11/h2-6H,7-10,13H2,1H3. The minimum absolute atomic E-state index is 0.496. The van der Waals surface area contributed by atoms with Gasteiger partial charge in [-0.15, -0.1) is 0 Å². The van der Waals surface area contributed by atoms with Gasteiger partial charge in [-0.2, -0.15) is 0 Å². The van der Waals surface area contributed by atoms with Crippen molar-refractivity contribution in [3.8, 4) is 0 Å². The molecule has 1 atom stereocenters. The van der Waals surface area contributed by atoms with Crippen molar-refractivity contribution in [1.29, 1.82) is 0 Å². The van der Waals surface area contributed by atoms with Gasteiger partial charge < -0.3 is 4.90 Å². The summed E-state index contributed by atoms with van der Waals surface area (Å²) in [5, 5.41) is 0.496. The molecular formula is C12H18BN. The molecule has 14 heavy (non-hydrogen) atoms. The second-order valence-corrected chi connectivity index (χ2v) is 4.96. The minimum atomic E-state index is 0.496. The molecular weight excluding hydrogens is 169 g/mol. The molecule has 0 bridgehead atoms. The molecule has 2 heteroatoms. The van der Waals surface area contributed by atoms with E-state index in [0.717, 1.165) is 0 Å². The SMILES string of the molecule is BC1(Cc2ccccc2)CCN(C)C1. The van der Waals surface area contributed by atoms with E-state index in [2.05, 4.69) is 50.1 Å². The maximum absolute atomic E-state index is 2.43. The van der Waals surface area contributed by atoms with Crippen LogP contribution in [0.4, 0.5) is 0 Å². The Hall–Kier alpha value is -0.755. The van der Waals surface area contributed by atoms with E-state index in [1.807, 2.05) is 0 Å². The second kappa shape index (κ2) is 3.78. The van der Waals surface area contributed by atoms with Gasteiger partial charge in [0.15, 0.2) is 0 Å². The average Bonchev–Trinajstić information content (AvgIpc) is 2.47. The smallest absolute Gasteiger partial charge is 0.111 e. The summed E-state index contributed by atoms with van der Waals surface area (Å²) in [4.78, 5) is 2.43. The normalized spacial score (nSPS) is 28.1. The van der Waals surface area contributed by atoms with Gasteiger partial charge in [0.25, 0.3) is 0 Å². The van der Waals surface area contributed by atoms with Gasteiger partial charge in [0.05, 0.1) is 0 Å². The molecule has 1 aliphatic rings. The van der Waals surface area contributed by atoms with Crippen LogP contribution in [-0.2, 0) is 6.42 Å². The summed E-state index contributed by atoms with van der Waals surface area (Å²) in [6.07, 6.45) is 2.55. The summed E-state index contributed by atoms with van der Waals surface area (Å²) < 4.78 is 0. The maximum atomic E-state index is 2.43. The van der Waals surface area contributed by atoms with Crippen LogP contribution in [0.15, 0.2) is 30.3 Å². The zero-order valence-electron chi connectivity index (χ0n) is 9.16. The number of hydrogen-bond acceptors (Lipinski definition) is 1. The van der Waals surface area contributed by atoms with E-state index in [9.17, 15) is 0 Å². The van der Waals surface area contributed by atoms with E-state index < -0.39 is 0 Å². The minimum Gasteiger partial charge on any atom is -0.307 e. The van der Waals surface area contributed by atoms with Crippen molar-refractivity contribution >= 4 is 7.85 Å². The zero-order valence-corrected chi connectivity index (χ0v) is 9.16. The Bertz CT molecular complexity index is 298. The van der Waals surface area contributed by atoms with Crippen molar-refractivity contribution in [2.75, 3.05) is 20.1 Å². The Morgan fingerprint density at radius 3 is 2.64 bits per heavy atom. The quantitative estimate of drug-likeness (QED) is 0.632. The summed E-state index contributed by atoms with van der Waals surface area (Å²) in [5.74, 6) is 0. The number of benzene rings is 1. The molecule has 0 aliphatic carbocycles. The molecule has 2 rings (SSSR count). The topological polar surface area (TPSA) is 3.24 Å². The third-order valence-electron chi connectivity index (χ3n) is 3.22. The van der Waals surface area contributed by atoms with Crippen molar-refractivity contribution in [1.82, 2.24) is 4.90 Å². The van der Waals surface area contributed by atoms with Crippen LogP contribution in [-0.4, -0.2) is 32.9 Å². The molecule has 1 nitrogen and oxygen atoms in total. The first-order valence-corrected chi connectivity index (χ1v) is 5.40. The Balaban J connectivity index is 2.04. The predicted octanol–water partition coefficient (Wildman–Crippen LogP) is 1.36. The van der Waals surface area contributed by atoms with Crippen LogP contribution >= 0.6 is 0 Å². The van der Waals surface area contributed by atoms with Gasteiger partial charge in [0.2, 0.25) is 0 Å². The van der Waals surface area contributed by atoms with E-state index in [4.69, 9.17) is 0 Å². The lowest BCUT2D eigenvalue weighted by molar-refractivity contribution is 0.399. The van der Waals surface area contributed by atoms with Gasteiger partial charge in [-0.3, -0.25) is 0 Å². The molecule has 0 amide bonds. The molecule has 1 aromatic carbocycles. The number of nitrogens with zero attached hydrogens (tertiary/aromatic N) is 1. The average molecular weight is 187 g/mol. The van der Waals surface area contributed by atoms with E-state index in [-0.39, 0.29) is 0 Å². The number of rotatable bonds is 2. The largest absolute Gasteiger partial charge is 0.307 e. The van der Waals surface area contributed by atoms with Crippen LogP contribution in [0.5, 0.6) is 0 Å². The monoisotopic (exact) mass is 187 g/mol. The molecule has 0 saturated carbocycles. The van der Waals surface area contributed by atoms with Crippen molar-refractivity contribution in [2.45, 2.75) is 18.2 Å². The van der Waals surface area contributed by atoms with Crippen molar-refractivity contribution in [2.24, 2.45) is 0 Å². The van der Waals surface area contributed by atoms with Crippen LogP contribution < -0.4 is 0 Å². The van der Waals surface area contributed by atoms with Gasteiger partial charge >= 0.3 is 0 Å². The highest BCUT2D eigenvalue weighted by Gasteiger charge is 2.31. The number of hydrogen-bond donors (Lipinski definition) is 0. The van der Waals surface area contributed by atoms with Crippen LogP contribution in [0.2, 0.25) is 5.31 Å². The van der Waals surface area contributed by atoms with E-state index in [1.165, 1.54) is 31.5 Å². The zero-order chi connectivity index (χ0) is 10.0. The molecule has 1 saturated heterocycles. The van der Waals surface area contributed by atoms with Gasteiger partial charge in [-0.25, -0.2) is 0 Å². The molecule has 1 aliphatic heterocycles. The van der Waals surface area contributed by atoms with E-state index in [1.54, 1.807) is 0 Å². The molecule has 0 aromatic heterocycles. The summed E-state index contributed by atoms with van der Waals surface area (Å²) in [7, 11) is 4.62. The fraction of sp³-hybridized carbons (Fsp3) is 0.500. The Kier molecular flexibility index (Phi) is 2.64. The Morgan fingerprint density at radius 2 is 2.07 bits per heavy atom. The van der Waals surface area contributed by atoms with Gasteiger partial charge in [-0.05, 0) is 43.9 Å². The molecule has 0 spiro atoms.